The summed E-state index contributed by atoms with van der Waals surface area (Å²) < 4.78 is 28.1. The molecule has 2 aliphatic carbocycles. The van der Waals surface area contributed by atoms with Crippen molar-refractivity contribution in [3.8, 4) is 0 Å². The van der Waals surface area contributed by atoms with Gasteiger partial charge in [-0.15, -0.1) is 0 Å². The highest BCUT2D eigenvalue weighted by Gasteiger charge is 2.75. The Bertz CT molecular complexity index is 1250. The Kier molecular flexibility index (Phi) is 6.39. The van der Waals surface area contributed by atoms with Crippen LogP contribution in [0.5, 0.6) is 0 Å². The third kappa shape index (κ3) is 3.59. The number of hydrogen-bond acceptors (Lipinski definition) is 11. The lowest BCUT2D eigenvalue weighted by Gasteiger charge is -2.70. The molecule has 0 aromatic heterocycles. The molecule has 9 atom stereocenters. The van der Waals surface area contributed by atoms with Gasteiger partial charge >= 0.3 is 23.9 Å². The molecule has 1 N–H and O–H groups in total. The van der Waals surface area contributed by atoms with Crippen molar-refractivity contribution in [2.75, 3.05) is 7.11 Å². The first-order valence-electron chi connectivity index (χ1n) is 13.5. The van der Waals surface area contributed by atoms with E-state index in [-0.39, 0.29) is 30.1 Å². The van der Waals surface area contributed by atoms with E-state index in [2.05, 4.69) is 6.58 Å². The maximum atomic E-state index is 13.7. The lowest BCUT2D eigenvalue weighted by Crippen LogP contribution is -2.75. The molecule has 3 heterocycles. The van der Waals surface area contributed by atoms with Gasteiger partial charge in [0.25, 0.3) is 0 Å². The molecule has 11 nitrogen and oxygen atoms in total. The van der Waals surface area contributed by atoms with Crippen LogP contribution in [0.3, 0.4) is 0 Å². The second kappa shape index (κ2) is 8.97. The second-order valence-electron chi connectivity index (χ2n) is 12.7. The molecule has 3 aliphatic heterocycles. The highest BCUT2D eigenvalue weighted by atomic mass is 16.6. The lowest BCUT2D eigenvalue weighted by atomic mass is 9.41. The second-order valence-corrected chi connectivity index (χ2v) is 12.7. The number of carbonyl (C=O) groups is 5. The van der Waals surface area contributed by atoms with E-state index in [1.54, 1.807) is 13.8 Å². The molecule has 11 heteroatoms. The zero-order valence-electron chi connectivity index (χ0n) is 23.6. The van der Waals surface area contributed by atoms with Gasteiger partial charge in [-0.25, -0.2) is 9.59 Å². The molecular formula is C29H36O11. The number of ketones is 1. The molecule has 40 heavy (non-hydrogen) atoms. The third-order valence-corrected chi connectivity index (χ3v) is 10.5. The molecule has 218 valence electrons. The molecule has 0 radical (unpaired) electrons. The number of carbonyl (C=O) groups excluding carboxylic acids is 5. The summed E-state index contributed by atoms with van der Waals surface area (Å²) in [6.45, 7) is 12.9. The molecule has 5 rings (SSSR count). The zero-order chi connectivity index (χ0) is 29.6. The van der Waals surface area contributed by atoms with Crippen molar-refractivity contribution in [2.24, 2.45) is 28.1 Å². The standard InChI is InChI=1S/C29H36O11/c1-13-16-8-9-27(5)23(15-10-19(32)39-24(15)34)38-20(33)12-29(13,27)40-18-11-17(31)26(3,4)22(28(16,18)6)21(25(35)36-7)37-14(2)30/h10,16,18-19,21-23,32H,1,8-9,11-12H2,2-7H3/t16?,18-,19?,21?,22-,23-,27-,28-,29-/m0/s1. The minimum absolute atomic E-state index is 0.00125. The SMILES string of the molecule is C=C1C2CC[C@@]3(C)[C@H](C4=CC(O)OC4=O)OC(=O)C[C@]13O[C@H]1CC(=O)C(C)(C)[C@H](C(OC(C)=O)C(=O)OC)[C@@]21C. The van der Waals surface area contributed by atoms with Crippen LogP contribution in [0.15, 0.2) is 23.8 Å². The van der Waals surface area contributed by atoms with Crippen LogP contribution in [-0.4, -0.2) is 72.1 Å². The molecule has 4 fully saturated rings. The van der Waals surface area contributed by atoms with Crippen LogP contribution in [0.25, 0.3) is 0 Å². The molecule has 3 unspecified atom stereocenters. The Morgan fingerprint density at radius 3 is 2.40 bits per heavy atom. The van der Waals surface area contributed by atoms with Gasteiger partial charge in [-0.3, -0.25) is 14.4 Å². The lowest BCUT2D eigenvalue weighted by molar-refractivity contribution is -0.299. The minimum atomic E-state index is -1.45. The number of Topliss-reactive ketones (excluding diaryl/α,β-unsaturated/α-hetero) is 1. The van der Waals surface area contributed by atoms with Crippen molar-refractivity contribution in [3.05, 3.63) is 23.8 Å². The Balaban J connectivity index is 1.65. The number of hydrogen-bond donors (Lipinski definition) is 1. The third-order valence-electron chi connectivity index (χ3n) is 10.5. The summed E-state index contributed by atoms with van der Waals surface area (Å²) in [4.78, 5) is 64.7. The average Bonchev–Trinajstić information content (AvgIpc) is 3.19. The monoisotopic (exact) mass is 560 g/mol. The molecule has 5 aliphatic rings. The number of aliphatic hydroxyl groups excluding tert-OH is 1. The molecular weight excluding hydrogens is 524 g/mol. The van der Waals surface area contributed by atoms with Crippen LogP contribution in [0.1, 0.15) is 60.3 Å². The Labute approximate surface area is 232 Å². The van der Waals surface area contributed by atoms with Gasteiger partial charge in [0, 0.05) is 35.5 Å². The molecule has 0 amide bonds. The first-order valence-corrected chi connectivity index (χ1v) is 13.5. The van der Waals surface area contributed by atoms with Gasteiger partial charge in [-0.2, -0.15) is 0 Å². The van der Waals surface area contributed by atoms with Crippen LogP contribution in [0, 0.1) is 28.1 Å². The van der Waals surface area contributed by atoms with E-state index in [9.17, 15) is 29.1 Å². The van der Waals surface area contributed by atoms with Gasteiger partial charge in [-0.1, -0.05) is 34.3 Å². The number of ether oxygens (including phenoxy) is 5. The average molecular weight is 561 g/mol. The van der Waals surface area contributed by atoms with E-state index < -0.39 is 76.2 Å². The normalized spacial score (nSPS) is 42.5. The van der Waals surface area contributed by atoms with Crippen molar-refractivity contribution in [1.29, 1.82) is 0 Å². The predicted octanol–water partition coefficient (Wildman–Crippen LogP) is 1.94. The van der Waals surface area contributed by atoms with Gasteiger partial charge in [0.15, 0.2) is 0 Å². The molecule has 0 aromatic rings. The van der Waals surface area contributed by atoms with Crippen LogP contribution >= 0.6 is 0 Å². The predicted molar refractivity (Wildman–Crippen MR) is 135 cm³/mol. The number of esters is 4. The van der Waals surface area contributed by atoms with Crippen molar-refractivity contribution in [2.45, 2.75) is 90.5 Å². The Hall–Kier alpha value is -3.05. The summed E-state index contributed by atoms with van der Waals surface area (Å²) in [5, 5.41) is 9.93. The highest BCUT2D eigenvalue weighted by Crippen LogP contribution is 2.70. The fourth-order valence-corrected chi connectivity index (χ4v) is 8.51. The van der Waals surface area contributed by atoms with E-state index in [1.165, 1.54) is 20.1 Å². The first-order chi connectivity index (χ1) is 18.5. The maximum Gasteiger partial charge on any atom is 0.347 e. The van der Waals surface area contributed by atoms with Crippen molar-refractivity contribution in [1.82, 2.24) is 0 Å². The van der Waals surface area contributed by atoms with Gasteiger partial charge in [0.2, 0.25) is 12.4 Å². The number of rotatable bonds is 4. The number of fused-ring (bicyclic) bond motifs is 3. The van der Waals surface area contributed by atoms with E-state index in [0.717, 1.165) is 0 Å². The summed E-state index contributed by atoms with van der Waals surface area (Å²) in [5.74, 6) is -4.24. The quantitative estimate of drug-likeness (QED) is 0.305. The number of methoxy groups -OCH3 is 1. The van der Waals surface area contributed by atoms with Crippen molar-refractivity contribution >= 4 is 29.7 Å². The van der Waals surface area contributed by atoms with Gasteiger partial charge in [0.1, 0.15) is 17.5 Å². The summed E-state index contributed by atoms with van der Waals surface area (Å²) in [6, 6.07) is 0. The maximum absolute atomic E-state index is 13.7. The fourth-order valence-electron chi connectivity index (χ4n) is 8.51. The Morgan fingerprint density at radius 1 is 1.15 bits per heavy atom. The van der Waals surface area contributed by atoms with Crippen LogP contribution < -0.4 is 0 Å². The molecule has 2 saturated carbocycles. The Morgan fingerprint density at radius 2 is 1.82 bits per heavy atom. The smallest absolute Gasteiger partial charge is 0.347 e. The topological polar surface area (TPSA) is 152 Å². The zero-order valence-corrected chi connectivity index (χ0v) is 23.6. The van der Waals surface area contributed by atoms with Crippen molar-refractivity contribution in [3.63, 3.8) is 0 Å². The van der Waals surface area contributed by atoms with E-state index in [0.29, 0.717) is 18.4 Å². The van der Waals surface area contributed by atoms with Gasteiger partial charge in [0.05, 0.1) is 25.2 Å². The van der Waals surface area contributed by atoms with Crippen LogP contribution in [-0.2, 0) is 47.7 Å². The van der Waals surface area contributed by atoms with Crippen LogP contribution in [0.2, 0.25) is 0 Å². The molecule has 2 saturated heterocycles. The van der Waals surface area contributed by atoms with Crippen LogP contribution in [0.4, 0.5) is 0 Å². The minimum Gasteiger partial charge on any atom is -0.466 e. The van der Waals surface area contributed by atoms with E-state index in [4.69, 9.17) is 23.7 Å². The highest BCUT2D eigenvalue weighted by molar-refractivity contribution is 5.93. The molecule has 2 bridgehead atoms. The fraction of sp³-hybridized carbons (Fsp3) is 0.690. The summed E-state index contributed by atoms with van der Waals surface area (Å²) >= 11 is 0. The van der Waals surface area contributed by atoms with Gasteiger partial charge in [-0.05, 0) is 30.4 Å². The number of aliphatic hydroxyl groups is 1. The van der Waals surface area contributed by atoms with E-state index >= 15 is 0 Å². The summed E-state index contributed by atoms with van der Waals surface area (Å²) in [7, 11) is 1.20. The summed E-state index contributed by atoms with van der Waals surface area (Å²) in [6.07, 6.45) is -2.71. The summed E-state index contributed by atoms with van der Waals surface area (Å²) in [5.41, 5.74) is -3.68. The molecule has 1 spiro atoms. The largest absolute Gasteiger partial charge is 0.466 e. The van der Waals surface area contributed by atoms with Crippen molar-refractivity contribution < 1.29 is 52.8 Å². The first kappa shape index (κ1) is 28.5. The molecule has 0 aromatic carbocycles. The van der Waals surface area contributed by atoms with Gasteiger partial charge < -0.3 is 28.8 Å². The van der Waals surface area contributed by atoms with E-state index in [1.807, 2.05) is 13.8 Å². The number of cyclic esters (lactones) is 2.